The van der Waals surface area contributed by atoms with Gasteiger partial charge in [0.25, 0.3) is 5.91 Å². The Morgan fingerprint density at radius 2 is 2.05 bits per heavy atom. The molecule has 0 aromatic carbocycles. The Hall–Kier alpha value is -1.95. The second kappa shape index (κ2) is 5.44. The zero-order chi connectivity index (χ0) is 14.9. The van der Waals surface area contributed by atoms with Gasteiger partial charge in [0.05, 0.1) is 24.3 Å². The van der Waals surface area contributed by atoms with Crippen molar-refractivity contribution in [3.8, 4) is 0 Å². The number of ether oxygens (including phenoxy) is 1. The number of aromatic carboxylic acids is 1. The number of hydrogen-bond donors (Lipinski definition) is 1. The van der Waals surface area contributed by atoms with Crippen LogP contribution in [0.4, 0.5) is 0 Å². The average molecular weight is 290 g/mol. The highest BCUT2D eigenvalue weighted by molar-refractivity contribution is 5.95. The molecule has 1 aliphatic heterocycles. The van der Waals surface area contributed by atoms with E-state index in [9.17, 15) is 9.59 Å². The van der Waals surface area contributed by atoms with Crippen LogP contribution in [-0.2, 0) is 4.74 Å². The number of nitrogens with zero attached hydrogens (tertiary/aromatic N) is 2. The van der Waals surface area contributed by atoms with E-state index in [0.717, 1.165) is 25.7 Å². The van der Waals surface area contributed by atoms with Crippen LogP contribution in [-0.4, -0.2) is 52.2 Å². The molecule has 2 heterocycles. The second-order valence-corrected chi connectivity index (χ2v) is 5.70. The molecule has 1 spiro atoms. The lowest BCUT2D eigenvalue weighted by Crippen LogP contribution is -2.52. The summed E-state index contributed by atoms with van der Waals surface area (Å²) in [5.41, 5.74) is 0.207. The van der Waals surface area contributed by atoms with Gasteiger partial charge in [-0.15, -0.1) is 0 Å². The van der Waals surface area contributed by atoms with Gasteiger partial charge in [0.15, 0.2) is 0 Å². The Labute approximate surface area is 122 Å². The number of carbonyl (C=O) groups excluding carboxylic acids is 1. The Morgan fingerprint density at radius 1 is 1.29 bits per heavy atom. The maximum Gasteiger partial charge on any atom is 0.354 e. The summed E-state index contributed by atoms with van der Waals surface area (Å²) >= 11 is 0. The van der Waals surface area contributed by atoms with Crippen molar-refractivity contribution < 1.29 is 19.4 Å². The smallest absolute Gasteiger partial charge is 0.354 e. The first kappa shape index (κ1) is 14.0. The van der Waals surface area contributed by atoms with Gasteiger partial charge in [-0.25, -0.2) is 9.78 Å². The Balaban J connectivity index is 1.73. The summed E-state index contributed by atoms with van der Waals surface area (Å²) in [6.45, 7) is 1.75. The first-order valence-corrected chi connectivity index (χ1v) is 7.22. The highest BCUT2D eigenvalue weighted by Gasteiger charge is 2.40. The molecule has 1 amide bonds. The highest BCUT2D eigenvalue weighted by Crippen LogP contribution is 2.36. The molecule has 1 saturated heterocycles. The van der Waals surface area contributed by atoms with E-state index in [1.165, 1.54) is 18.3 Å². The standard InChI is InChI=1S/C15H18N2O4/c18-13(11-3-4-12(14(19)20)16-9-11)17-7-8-21-15(10-17)5-1-2-6-15/h3-4,9H,1-2,5-8,10H2,(H,19,20). The van der Waals surface area contributed by atoms with Gasteiger partial charge in [-0.3, -0.25) is 4.79 Å². The Morgan fingerprint density at radius 3 is 2.67 bits per heavy atom. The quantitative estimate of drug-likeness (QED) is 0.894. The molecule has 3 rings (SSSR count). The van der Waals surface area contributed by atoms with Crippen LogP contribution in [0.1, 0.15) is 46.5 Å². The SMILES string of the molecule is O=C(O)c1ccc(C(=O)N2CCOC3(CCCC3)C2)cn1. The van der Waals surface area contributed by atoms with Gasteiger partial charge < -0.3 is 14.7 Å². The molecule has 6 heteroatoms. The number of aromatic nitrogens is 1. The highest BCUT2D eigenvalue weighted by atomic mass is 16.5. The molecule has 112 valence electrons. The fourth-order valence-corrected chi connectivity index (χ4v) is 3.17. The molecule has 2 aliphatic rings. The van der Waals surface area contributed by atoms with E-state index in [2.05, 4.69) is 4.98 Å². The van der Waals surface area contributed by atoms with Crippen LogP contribution in [0.5, 0.6) is 0 Å². The second-order valence-electron chi connectivity index (χ2n) is 5.70. The van der Waals surface area contributed by atoms with Crippen LogP contribution in [0.3, 0.4) is 0 Å². The molecule has 1 saturated carbocycles. The monoisotopic (exact) mass is 290 g/mol. The largest absolute Gasteiger partial charge is 0.477 e. The number of hydrogen-bond acceptors (Lipinski definition) is 4. The van der Waals surface area contributed by atoms with E-state index in [-0.39, 0.29) is 17.2 Å². The molecule has 0 radical (unpaired) electrons. The summed E-state index contributed by atoms with van der Waals surface area (Å²) in [6.07, 6.45) is 5.65. The Bertz CT molecular complexity index is 549. The van der Waals surface area contributed by atoms with Crippen molar-refractivity contribution >= 4 is 11.9 Å². The lowest BCUT2D eigenvalue weighted by Gasteiger charge is -2.40. The van der Waals surface area contributed by atoms with E-state index >= 15 is 0 Å². The molecular weight excluding hydrogens is 272 g/mol. The summed E-state index contributed by atoms with van der Waals surface area (Å²) in [5.74, 6) is -1.20. The van der Waals surface area contributed by atoms with Crippen LogP contribution in [0.25, 0.3) is 0 Å². The summed E-state index contributed by atoms with van der Waals surface area (Å²) < 4.78 is 5.91. The van der Waals surface area contributed by atoms with Gasteiger partial charge in [-0.2, -0.15) is 0 Å². The van der Waals surface area contributed by atoms with Crippen molar-refractivity contribution in [2.75, 3.05) is 19.7 Å². The number of carboxylic acid groups (broad SMARTS) is 1. The Kier molecular flexibility index (Phi) is 3.63. The third-order valence-corrected chi connectivity index (χ3v) is 4.28. The van der Waals surface area contributed by atoms with E-state index in [1.54, 1.807) is 4.90 Å². The van der Waals surface area contributed by atoms with Crippen molar-refractivity contribution in [1.82, 2.24) is 9.88 Å². The number of morpholine rings is 1. The number of rotatable bonds is 2. The predicted molar refractivity (Wildman–Crippen MR) is 74.3 cm³/mol. The lowest BCUT2D eigenvalue weighted by molar-refractivity contribution is -0.0948. The third kappa shape index (κ3) is 2.76. The molecule has 1 aliphatic carbocycles. The topological polar surface area (TPSA) is 79.7 Å². The van der Waals surface area contributed by atoms with Crippen LogP contribution in [0.15, 0.2) is 18.3 Å². The fraction of sp³-hybridized carbons (Fsp3) is 0.533. The lowest BCUT2D eigenvalue weighted by atomic mass is 9.99. The van der Waals surface area contributed by atoms with Gasteiger partial charge in [-0.1, -0.05) is 12.8 Å². The van der Waals surface area contributed by atoms with Gasteiger partial charge >= 0.3 is 5.97 Å². The summed E-state index contributed by atoms with van der Waals surface area (Å²) in [4.78, 5) is 28.9. The van der Waals surface area contributed by atoms with Crippen LogP contribution >= 0.6 is 0 Å². The van der Waals surface area contributed by atoms with E-state index < -0.39 is 5.97 Å². The molecular formula is C15H18N2O4. The van der Waals surface area contributed by atoms with Crippen LogP contribution in [0, 0.1) is 0 Å². The van der Waals surface area contributed by atoms with E-state index in [4.69, 9.17) is 9.84 Å². The zero-order valence-electron chi connectivity index (χ0n) is 11.7. The maximum absolute atomic E-state index is 12.5. The molecule has 1 aromatic heterocycles. The maximum atomic E-state index is 12.5. The number of carboxylic acids is 1. The minimum absolute atomic E-state index is 0.0548. The molecule has 0 atom stereocenters. The van der Waals surface area contributed by atoms with E-state index in [1.807, 2.05) is 0 Å². The van der Waals surface area contributed by atoms with Crippen molar-refractivity contribution in [2.45, 2.75) is 31.3 Å². The minimum Gasteiger partial charge on any atom is -0.477 e. The van der Waals surface area contributed by atoms with Crippen molar-refractivity contribution in [3.63, 3.8) is 0 Å². The van der Waals surface area contributed by atoms with E-state index in [0.29, 0.717) is 25.3 Å². The molecule has 0 bridgehead atoms. The van der Waals surface area contributed by atoms with Crippen molar-refractivity contribution in [1.29, 1.82) is 0 Å². The first-order valence-electron chi connectivity index (χ1n) is 7.22. The average Bonchev–Trinajstić information content (AvgIpc) is 2.94. The molecule has 21 heavy (non-hydrogen) atoms. The summed E-state index contributed by atoms with van der Waals surface area (Å²) in [6, 6.07) is 2.89. The van der Waals surface area contributed by atoms with Crippen molar-refractivity contribution in [3.05, 3.63) is 29.6 Å². The van der Waals surface area contributed by atoms with Crippen molar-refractivity contribution in [2.24, 2.45) is 0 Å². The number of amides is 1. The number of carbonyl (C=O) groups is 2. The zero-order valence-corrected chi connectivity index (χ0v) is 11.7. The number of pyridine rings is 1. The predicted octanol–water partition coefficient (Wildman–Crippen LogP) is 1.57. The minimum atomic E-state index is -1.09. The van der Waals surface area contributed by atoms with Gasteiger partial charge in [0.2, 0.25) is 0 Å². The molecule has 1 aromatic rings. The van der Waals surface area contributed by atoms with Gasteiger partial charge in [-0.05, 0) is 25.0 Å². The molecule has 1 N–H and O–H groups in total. The molecule has 2 fully saturated rings. The third-order valence-electron chi connectivity index (χ3n) is 4.28. The summed E-state index contributed by atoms with van der Waals surface area (Å²) in [5, 5.41) is 8.83. The first-order chi connectivity index (χ1) is 10.1. The summed E-state index contributed by atoms with van der Waals surface area (Å²) in [7, 11) is 0. The van der Waals surface area contributed by atoms with Gasteiger partial charge in [0, 0.05) is 12.7 Å². The van der Waals surface area contributed by atoms with Gasteiger partial charge in [0.1, 0.15) is 5.69 Å². The van der Waals surface area contributed by atoms with Crippen LogP contribution in [0.2, 0.25) is 0 Å². The normalized spacial score (nSPS) is 20.7. The fourth-order valence-electron chi connectivity index (χ4n) is 3.17. The van der Waals surface area contributed by atoms with Crippen LogP contribution < -0.4 is 0 Å². The molecule has 6 nitrogen and oxygen atoms in total. The molecule has 0 unspecified atom stereocenters.